The van der Waals surface area contributed by atoms with E-state index in [9.17, 15) is 12.8 Å². The van der Waals surface area contributed by atoms with Crippen molar-refractivity contribution >= 4 is 21.6 Å². The fourth-order valence-corrected chi connectivity index (χ4v) is 4.25. The quantitative estimate of drug-likeness (QED) is 0.830. The lowest BCUT2D eigenvalue weighted by Crippen LogP contribution is -2.32. The van der Waals surface area contributed by atoms with Gasteiger partial charge < -0.3 is 0 Å². The second-order valence-electron chi connectivity index (χ2n) is 5.34. The summed E-state index contributed by atoms with van der Waals surface area (Å²) in [6.45, 7) is 0.308. The van der Waals surface area contributed by atoms with Gasteiger partial charge in [-0.05, 0) is 36.6 Å². The number of benzene rings is 2. The summed E-state index contributed by atoms with van der Waals surface area (Å²) in [5.74, 6) is -0.623. The second kappa shape index (κ2) is 5.99. The van der Waals surface area contributed by atoms with Crippen molar-refractivity contribution in [3.8, 4) is 0 Å². The molecule has 0 heterocycles. The molecule has 6 heteroatoms. The molecular formula is C16H15ClFNO2S. The summed E-state index contributed by atoms with van der Waals surface area (Å²) in [4.78, 5) is 0.0294. The average Bonchev–Trinajstić information content (AvgIpc) is 3.33. The van der Waals surface area contributed by atoms with E-state index in [0.29, 0.717) is 6.54 Å². The molecule has 0 saturated heterocycles. The molecule has 0 bridgehead atoms. The monoisotopic (exact) mass is 339 g/mol. The molecule has 0 aliphatic heterocycles. The van der Waals surface area contributed by atoms with Crippen LogP contribution in [-0.4, -0.2) is 18.8 Å². The van der Waals surface area contributed by atoms with Gasteiger partial charge in [-0.15, -0.1) is 0 Å². The molecule has 3 nitrogen and oxygen atoms in total. The number of hydrogen-bond acceptors (Lipinski definition) is 2. The van der Waals surface area contributed by atoms with Crippen molar-refractivity contribution in [3.05, 3.63) is 64.9 Å². The Labute approximate surface area is 134 Å². The van der Waals surface area contributed by atoms with Gasteiger partial charge in [-0.25, -0.2) is 12.8 Å². The van der Waals surface area contributed by atoms with Gasteiger partial charge in [-0.1, -0.05) is 41.9 Å². The van der Waals surface area contributed by atoms with Gasteiger partial charge in [0.2, 0.25) is 10.0 Å². The lowest BCUT2D eigenvalue weighted by Gasteiger charge is -2.22. The third kappa shape index (κ3) is 3.16. The highest BCUT2D eigenvalue weighted by Crippen LogP contribution is 2.34. The molecule has 1 fully saturated rings. The molecule has 2 aromatic carbocycles. The van der Waals surface area contributed by atoms with Gasteiger partial charge >= 0.3 is 0 Å². The first-order chi connectivity index (χ1) is 10.5. The molecule has 0 spiro atoms. The first-order valence-corrected chi connectivity index (χ1v) is 8.81. The van der Waals surface area contributed by atoms with Crippen molar-refractivity contribution < 1.29 is 12.8 Å². The van der Waals surface area contributed by atoms with Gasteiger partial charge in [0.25, 0.3) is 0 Å². The summed E-state index contributed by atoms with van der Waals surface area (Å²) in [6.07, 6.45) is 1.70. The van der Waals surface area contributed by atoms with Crippen molar-refractivity contribution in [1.29, 1.82) is 0 Å². The Morgan fingerprint density at radius 2 is 1.82 bits per heavy atom. The van der Waals surface area contributed by atoms with Gasteiger partial charge in [-0.3, -0.25) is 0 Å². The SMILES string of the molecule is O=S(=O)(c1ccc(F)c(Cl)c1)N(Cc1ccccc1)C1CC1. The highest BCUT2D eigenvalue weighted by molar-refractivity contribution is 7.89. The summed E-state index contributed by atoms with van der Waals surface area (Å²) >= 11 is 5.72. The lowest BCUT2D eigenvalue weighted by atomic mass is 10.2. The van der Waals surface area contributed by atoms with E-state index in [1.807, 2.05) is 30.3 Å². The van der Waals surface area contributed by atoms with Gasteiger partial charge in [-0.2, -0.15) is 4.31 Å². The summed E-state index contributed by atoms with van der Waals surface area (Å²) in [5.41, 5.74) is 0.922. The molecule has 0 amide bonds. The lowest BCUT2D eigenvalue weighted by molar-refractivity contribution is 0.398. The molecule has 3 rings (SSSR count). The van der Waals surface area contributed by atoms with Crippen LogP contribution in [0.1, 0.15) is 18.4 Å². The van der Waals surface area contributed by atoms with Crippen LogP contribution < -0.4 is 0 Å². The predicted molar refractivity (Wildman–Crippen MR) is 83.6 cm³/mol. The Balaban J connectivity index is 1.94. The van der Waals surface area contributed by atoms with Crippen LogP contribution in [-0.2, 0) is 16.6 Å². The van der Waals surface area contributed by atoms with Gasteiger partial charge in [0, 0.05) is 12.6 Å². The Kier molecular flexibility index (Phi) is 4.21. The third-order valence-electron chi connectivity index (χ3n) is 3.63. The minimum Gasteiger partial charge on any atom is -0.207 e. The number of halogens is 2. The normalized spacial score (nSPS) is 15.2. The Morgan fingerprint density at radius 1 is 1.14 bits per heavy atom. The zero-order valence-corrected chi connectivity index (χ0v) is 13.3. The highest BCUT2D eigenvalue weighted by Gasteiger charge is 2.38. The smallest absolute Gasteiger partial charge is 0.207 e. The Bertz CT molecular complexity index is 776. The number of sulfonamides is 1. The maximum absolute atomic E-state index is 13.3. The predicted octanol–water partition coefficient (Wildman–Crippen LogP) is 3.83. The molecule has 2 aromatic rings. The number of rotatable bonds is 5. The molecule has 1 saturated carbocycles. The van der Waals surface area contributed by atoms with Crippen LogP contribution in [0.3, 0.4) is 0 Å². The third-order valence-corrected chi connectivity index (χ3v) is 5.82. The van der Waals surface area contributed by atoms with E-state index in [-0.39, 0.29) is 16.0 Å². The zero-order chi connectivity index (χ0) is 15.7. The second-order valence-corrected chi connectivity index (χ2v) is 7.64. The zero-order valence-electron chi connectivity index (χ0n) is 11.7. The minimum absolute atomic E-state index is 0.00837. The number of hydrogen-bond donors (Lipinski definition) is 0. The van der Waals surface area contributed by atoms with Crippen molar-refractivity contribution in [3.63, 3.8) is 0 Å². The average molecular weight is 340 g/mol. The van der Waals surface area contributed by atoms with Crippen LogP contribution in [0.4, 0.5) is 4.39 Å². The summed E-state index contributed by atoms with van der Waals surface area (Å²) in [7, 11) is -3.69. The maximum Gasteiger partial charge on any atom is 0.243 e. The van der Waals surface area contributed by atoms with Crippen LogP contribution in [0.5, 0.6) is 0 Å². The van der Waals surface area contributed by atoms with E-state index in [2.05, 4.69) is 0 Å². The van der Waals surface area contributed by atoms with Crippen LogP contribution in [0, 0.1) is 5.82 Å². The van der Waals surface area contributed by atoms with E-state index >= 15 is 0 Å². The van der Waals surface area contributed by atoms with E-state index in [0.717, 1.165) is 24.5 Å². The largest absolute Gasteiger partial charge is 0.243 e. The molecule has 0 N–H and O–H groups in total. The summed E-state index contributed by atoms with van der Waals surface area (Å²) in [6, 6.07) is 13.0. The highest BCUT2D eigenvalue weighted by atomic mass is 35.5. The fourth-order valence-electron chi connectivity index (χ4n) is 2.31. The molecule has 0 radical (unpaired) electrons. The number of nitrogens with zero attached hydrogens (tertiary/aromatic N) is 1. The van der Waals surface area contributed by atoms with Crippen LogP contribution in [0.2, 0.25) is 5.02 Å². The van der Waals surface area contributed by atoms with Crippen molar-refractivity contribution in [1.82, 2.24) is 4.31 Å². The van der Waals surface area contributed by atoms with E-state index < -0.39 is 15.8 Å². The van der Waals surface area contributed by atoms with Crippen LogP contribution >= 0.6 is 11.6 Å². The fraction of sp³-hybridized carbons (Fsp3) is 0.250. The molecule has 0 unspecified atom stereocenters. The molecule has 116 valence electrons. The van der Waals surface area contributed by atoms with Gasteiger partial charge in [0.15, 0.2) is 0 Å². The topological polar surface area (TPSA) is 37.4 Å². The van der Waals surface area contributed by atoms with E-state index in [1.165, 1.54) is 16.4 Å². The first kappa shape index (κ1) is 15.5. The Hall–Kier alpha value is -1.43. The molecule has 1 aliphatic carbocycles. The van der Waals surface area contributed by atoms with Crippen molar-refractivity contribution in [2.45, 2.75) is 30.3 Å². The van der Waals surface area contributed by atoms with Crippen LogP contribution in [0.25, 0.3) is 0 Å². The summed E-state index contributed by atoms with van der Waals surface area (Å²) < 4.78 is 40.4. The molecular weight excluding hydrogens is 325 g/mol. The molecule has 0 aromatic heterocycles. The first-order valence-electron chi connectivity index (χ1n) is 6.99. The maximum atomic E-state index is 13.3. The standard InChI is InChI=1S/C16H15ClFNO2S/c17-15-10-14(8-9-16(15)18)22(20,21)19(13-6-7-13)11-12-4-2-1-3-5-12/h1-5,8-10,13H,6-7,11H2. The van der Waals surface area contributed by atoms with Gasteiger partial charge in [0.05, 0.1) is 9.92 Å². The minimum atomic E-state index is -3.69. The van der Waals surface area contributed by atoms with E-state index in [1.54, 1.807) is 0 Å². The molecule has 1 aliphatic rings. The summed E-state index contributed by atoms with van der Waals surface area (Å²) in [5, 5.41) is -0.184. The molecule has 22 heavy (non-hydrogen) atoms. The van der Waals surface area contributed by atoms with Crippen LogP contribution in [0.15, 0.2) is 53.4 Å². The molecule has 0 atom stereocenters. The van der Waals surface area contributed by atoms with E-state index in [4.69, 9.17) is 11.6 Å². The van der Waals surface area contributed by atoms with Crippen molar-refractivity contribution in [2.75, 3.05) is 0 Å². The Morgan fingerprint density at radius 3 is 2.41 bits per heavy atom. The van der Waals surface area contributed by atoms with Crippen molar-refractivity contribution in [2.24, 2.45) is 0 Å². The van der Waals surface area contributed by atoms with Gasteiger partial charge in [0.1, 0.15) is 5.82 Å².